The standard InChI is InChI=1S/C11H26N2O2/c1-9(7-14)10(2)13-11(3,8-12)5-6-15-4/h9-10,13-14H,5-8,12H2,1-4H3. The molecule has 0 spiro atoms. The molecule has 0 aromatic rings. The van der Waals surface area contributed by atoms with E-state index in [1.807, 2.05) is 6.92 Å². The van der Waals surface area contributed by atoms with Crippen LogP contribution in [0.1, 0.15) is 27.2 Å². The van der Waals surface area contributed by atoms with Gasteiger partial charge in [-0.05, 0) is 26.2 Å². The molecule has 0 aromatic heterocycles. The number of nitrogens with two attached hydrogens (primary N) is 1. The van der Waals surface area contributed by atoms with E-state index in [-0.39, 0.29) is 24.1 Å². The van der Waals surface area contributed by atoms with E-state index in [9.17, 15) is 0 Å². The summed E-state index contributed by atoms with van der Waals surface area (Å²) in [4.78, 5) is 0. The minimum atomic E-state index is -0.112. The maximum absolute atomic E-state index is 9.05. The molecule has 92 valence electrons. The molecule has 0 aliphatic heterocycles. The number of aliphatic hydroxyl groups is 1. The van der Waals surface area contributed by atoms with Crippen LogP contribution in [0.5, 0.6) is 0 Å². The minimum absolute atomic E-state index is 0.112. The highest BCUT2D eigenvalue weighted by molar-refractivity contribution is 4.87. The molecule has 0 aromatic carbocycles. The van der Waals surface area contributed by atoms with Gasteiger partial charge in [0.05, 0.1) is 0 Å². The average Bonchev–Trinajstić information content (AvgIpc) is 2.25. The van der Waals surface area contributed by atoms with Gasteiger partial charge in [-0.25, -0.2) is 0 Å². The molecule has 0 bridgehead atoms. The minimum Gasteiger partial charge on any atom is -0.396 e. The second-order valence-electron chi connectivity index (χ2n) is 4.60. The van der Waals surface area contributed by atoms with E-state index in [0.29, 0.717) is 13.2 Å². The fourth-order valence-corrected chi connectivity index (χ4v) is 1.41. The topological polar surface area (TPSA) is 67.5 Å². The van der Waals surface area contributed by atoms with Crippen molar-refractivity contribution < 1.29 is 9.84 Å². The first kappa shape index (κ1) is 14.8. The Labute approximate surface area is 93.2 Å². The van der Waals surface area contributed by atoms with Gasteiger partial charge in [0.2, 0.25) is 0 Å². The van der Waals surface area contributed by atoms with Gasteiger partial charge in [0.15, 0.2) is 0 Å². The van der Waals surface area contributed by atoms with Gasteiger partial charge in [0, 0.05) is 38.4 Å². The van der Waals surface area contributed by atoms with Gasteiger partial charge in [0.1, 0.15) is 0 Å². The van der Waals surface area contributed by atoms with Crippen molar-refractivity contribution in [1.29, 1.82) is 0 Å². The van der Waals surface area contributed by atoms with Gasteiger partial charge in [-0.1, -0.05) is 6.92 Å². The van der Waals surface area contributed by atoms with Crippen LogP contribution < -0.4 is 11.1 Å². The van der Waals surface area contributed by atoms with E-state index < -0.39 is 0 Å². The molecule has 0 saturated carbocycles. The van der Waals surface area contributed by atoms with Crippen molar-refractivity contribution in [2.75, 3.05) is 26.9 Å². The highest BCUT2D eigenvalue weighted by atomic mass is 16.5. The molecule has 3 unspecified atom stereocenters. The Morgan fingerprint density at radius 3 is 2.47 bits per heavy atom. The highest BCUT2D eigenvalue weighted by Gasteiger charge is 2.25. The third-order valence-electron chi connectivity index (χ3n) is 3.03. The van der Waals surface area contributed by atoms with Crippen molar-refractivity contribution in [3.8, 4) is 0 Å². The maximum atomic E-state index is 9.05. The Morgan fingerprint density at radius 2 is 2.07 bits per heavy atom. The summed E-state index contributed by atoms with van der Waals surface area (Å²) in [6, 6.07) is 0.250. The normalized spacial score (nSPS) is 19.6. The molecular formula is C11H26N2O2. The number of hydrogen-bond donors (Lipinski definition) is 3. The molecular weight excluding hydrogens is 192 g/mol. The molecule has 4 N–H and O–H groups in total. The van der Waals surface area contributed by atoms with Gasteiger partial charge in [0.25, 0.3) is 0 Å². The van der Waals surface area contributed by atoms with Crippen LogP contribution in [-0.4, -0.2) is 43.6 Å². The first-order valence-corrected chi connectivity index (χ1v) is 5.56. The molecule has 4 nitrogen and oxygen atoms in total. The first-order valence-electron chi connectivity index (χ1n) is 5.56. The van der Waals surface area contributed by atoms with Crippen LogP contribution in [0.4, 0.5) is 0 Å². The summed E-state index contributed by atoms with van der Waals surface area (Å²) in [6.07, 6.45) is 0.877. The molecule has 0 aliphatic rings. The predicted molar refractivity (Wildman–Crippen MR) is 62.8 cm³/mol. The Bertz CT molecular complexity index is 167. The van der Waals surface area contributed by atoms with E-state index in [0.717, 1.165) is 6.42 Å². The van der Waals surface area contributed by atoms with Gasteiger partial charge < -0.3 is 20.9 Å². The van der Waals surface area contributed by atoms with Crippen LogP contribution >= 0.6 is 0 Å². The van der Waals surface area contributed by atoms with Crippen LogP contribution in [0.25, 0.3) is 0 Å². The molecule has 0 radical (unpaired) electrons. The van der Waals surface area contributed by atoms with Gasteiger partial charge in [-0.15, -0.1) is 0 Å². The average molecular weight is 218 g/mol. The SMILES string of the molecule is COCCC(C)(CN)NC(C)C(C)CO. The van der Waals surface area contributed by atoms with Crippen molar-refractivity contribution in [1.82, 2.24) is 5.32 Å². The van der Waals surface area contributed by atoms with Crippen LogP contribution in [0.2, 0.25) is 0 Å². The van der Waals surface area contributed by atoms with Crippen LogP contribution in [0, 0.1) is 5.92 Å². The van der Waals surface area contributed by atoms with E-state index in [4.69, 9.17) is 15.6 Å². The molecule has 0 amide bonds. The quantitative estimate of drug-likeness (QED) is 0.550. The Kier molecular flexibility index (Phi) is 7.09. The lowest BCUT2D eigenvalue weighted by molar-refractivity contribution is 0.140. The summed E-state index contributed by atoms with van der Waals surface area (Å²) in [5, 5.41) is 12.5. The van der Waals surface area contributed by atoms with E-state index in [1.165, 1.54) is 0 Å². The summed E-state index contributed by atoms with van der Waals surface area (Å²) in [5.41, 5.74) is 5.64. The number of ether oxygens (including phenoxy) is 1. The first-order chi connectivity index (χ1) is 6.99. The largest absolute Gasteiger partial charge is 0.396 e. The predicted octanol–water partition coefficient (Wildman–Crippen LogP) is 0.347. The van der Waals surface area contributed by atoms with E-state index in [2.05, 4.69) is 19.2 Å². The number of nitrogens with one attached hydrogen (secondary N) is 1. The Morgan fingerprint density at radius 1 is 1.47 bits per heavy atom. The summed E-state index contributed by atoms with van der Waals surface area (Å²) < 4.78 is 5.06. The third kappa shape index (κ3) is 5.47. The molecule has 0 heterocycles. The van der Waals surface area contributed by atoms with Crippen molar-refractivity contribution in [3.05, 3.63) is 0 Å². The number of hydrogen-bond acceptors (Lipinski definition) is 4. The highest BCUT2D eigenvalue weighted by Crippen LogP contribution is 2.12. The summed E-state index contributed by atoms with van der Waals surface area (Å²) in [7, 11) is 1.69. The van der Waals surface area contributed by atoms with Gasteiger partial charge in [-0.3, -0.25) is 0 Å². The lowest BCUT2D eigenvalue weighted by Gasteiger charge is -2.34. The van der Waals surface area contributed by atoms with Gasteiger partial charge in [-0.2, -0.15) is 0 Å². The van der Waals surface area contributed by atoms with E-state index >= 15 is 0 Å². The zero-order valence-electron chi connectivity index (χ0n) is 10.4. The number of methoxy groups -OCH3 is 1. The lowest BCUT2D eigenvalue weighted by atomic mass is 9.94. The molecule has 0 fully saturated rings. The second kappa shape index (κ2) is 7.17. The maximum Gasteiger partial charge on any atom is 0.0480 e. The van der Waals surface area contributed by atoms with Crippen LogP contribution in [0.15, 0.2) is 0 Å². The molecule has 3 atom stereocenters. The fourth-order valence-electron chi connectivity index (χ4n) is 1.41. The molecule has 0 aliphatic carbocycles. The number of rotatable bonds is 8. The lowest BCUT2D eigenvalue weighted by Crippen LogP contribution is -2.54. The summed E-state index contributed by atoms with van der Waals surface area (Å²) in [5.74, 6) is 0.235. The molecule has 4 heteroatoms. The molecule has 0 rings (SSSR count). The number of aliphatic hydroxyl groups excluding tert-OH is 1. The monoisotopic (exact) mass is 218 g/mol. The molecule has 15 heavy (non-hydrogen) atoms. The van der Waals surface area contributed by atoms with Crippen molar-refractivity contribution in [3.63, 3.8) is 0 Å². The smallest absolute Gasteiger partial charge is 0.0480 e. The second-order valence-corrected chi connectivity index (χ2v) is 4.60. The third-order valence-corrected chi connectivity index (χ3v) is 3.03. The van der Waals surface area contributed by atoms with Crippen molar-refractivity contribution >= 4 is 0 Å². The van der Waals surface area contributed by atoms with Crippen LogP contribution in [-0.2, 0) is 4.74 Å². The Hall–Kier alpha value is -0.160. The van der Waals surface area contributed by atoms with Crippen LogP contribution in [0.3, 0.4) is 0 Å². The van der Waals surface area contributed by atoms with Crippen molar-refractivity contribution in [2.24, 2.45) is 11.7 Å². The molecule has 0 saturated heterocycles. The summed E-state index contributed by atoms with van der Waals surface area (Å²) in [6.45, 7) is 7.64. The zero-order chi connectivity index (χ0) is 11.9. The van der Waals surface area contributed by atoms with E-state index in [1.54, 1.807) is 7.11 Å². The fraction of sp³-hybridized carbons (Fsp3) is 1.00. The Balaban J connectivity index is 4.16. The van der Waals surface area contributed by atoms with Crippen molar-refractivity contribution in [2.45, 2.75) is 38.8 Å². The summed E-state index contributed by atoms with van der Waals surface area (Å²) >= 11 is 0. The van der Waals surface area contributed by atoms with Gasteiger partial charge >= 0.3 is 0 Å². The zero-order valence-corrected chi connectivity index (χ0v) is 10.4.